The Morgan fingerprint density at radius 1 is 1.42 bits per heavy atom. The molecule has 1 aromatic rings. The minimum absolute atomic E-state index is 0.542. The zero-order valence-corrected chi connectivity index (χ0v) is 12.4. The van der Waals surface area contributed by atoms with Gasteiger partial charge in [-0.25, -0.2) is 0 Å². The van der Waals surface area contributed by atoms with Crippen molar-refractivity contribution in [3.05, 3.63) is 29.3 Å². The van der Waals surface area contributed by atoms with Gasteiger partial charge in [-0.05, 0) is 37.3 Å². The van der Waals surface area contributed by atoms with Gasteiger partial charge in [0.05, 0.1) is 12.7 Å². The minimum Gasteiger partial charge on any atom is -0.496 e. The standard InChI is InChI=1S/C17H26O2/c1-4-14-6-5-9-17(18,11-14)12-15-10-13(2)7-8-16(15)19-3/h7-8,10,14,18H,4-6,9,11-12H2,1-3H3. The molecule has 2 nitrogen and oxygen atoms in total. The van der Waals surface area contributed by atoms with Gasteiger partial charge in [0.15, 0.2) is 0 Å². The summed E-state index contributed by atoms with van der Waals surface area (Å²) in [5, 5.41) is 10.9. The number of aryl methyl sites for hydroxylation is 1. The van der Waals surface area contributed by atoms with Crippen molar-refractivity contribution >= 4 is 0 Å². The lowest BCUT2D eigenvalue weighted by molar-refractivity contribution is -0.0165. The van der Waals surface area contributed by atoms with Crippen molar-refractivity contribution in [1.82, 2.24) is 0 Å². The third kappa shape index (κ3) is 3.50. The van der Waals surface area contributed by atoms with Crippen LogP contribution in [0.5, 0.6) is 5.75 Å². The first kappa shape index (κ1) is 14.4. The molecule has 2 heteroatoms. The normalized spacial score (nSPS) is 27.3. The van der Waals surface area contributed by atoms with E-state index < -0.39 is 5.60 Å². The molecule has 2 rings (SSSR count). The van der Waals surface area contributed by atoms with Crippen LogP contribution in [0.2, 0.25) is 0 Å². The highest BCUT2D eigenvalue weighted by atomic mass is 16.5. The average molecular weight is 262 g/mol. The van der Waals surface area contributed by atoms with E-state index >= 15 is 0 Å². The van der Waals surface area contributed by atoms with Crippen LogP contribution in [-0.4, -0.2) is 17.8 Å². The highest BCUT2D eigenvalue weighted by Gasteiger charge is 2.34. The van der Waals surface area contributed by atoms with E-state index in [0.29, 0.717) is 12.3 Å². The maximum atomic E-state index is 10.9. The molecule has 0 aromatic heterocycles. The van der Waals surface area contributed by atoms with Crippen LogP contribution in [-0.2, 0) is 6.42 Å². The molecule has 1 aromatic carbocycles. The fourth-order valence-corrected chi connectivity index (χ4v) is 3.37. The second-order valence-electron chi connectivity index (χ2n) is 6.09. The number of aliphatic hydroxyl groups is 1. The number of methoxy groups -OCH3 is 1. The van der Waals surface area contributed by atoms with Crippen molar-refractivity contribution in [2.45, 2.75) is 58.0 Å². The lowest BCUT2D eigenvalue weighted by Gasteiger charge is -2.37. The predicted molar refractivity (Wildman–Crippen MR) is 78.6 cm³/mol. The molecule has 0 spiro atoms. The monoisotopic (exact) mass is 262 g/mol. The molecule has 1 aliphatic rings. The number of hydrogen-bond donors (Lipinski definition) is 1. The Morgan fingerprint density at radius 2 is 2.21 bits per heavy atom. The lowest BCUT2D eigenvalue weighted by Crippen LogP contribution is -2.37. The van der Waals surface area contributed by atoms with Crippen molar-refractivity contribution in [3.63, 3.8) is 0 Å². The Balaban J connectivity index is 2.17. The lowest BCUT2D eigenvalue weighted by atomic mass is 9.74. The smallest absolute Gasteiger partial charge is 0.122 e. The van der Waals surface area contributed by atoms with Gasteiger partial charge in [0.1, 0.15) is 5.75 Å². The highest BCUT2D eigenvalue weighted by Crippen LogP contribution is 2.37. The average Bonchev–Trinajstić information content (AvgIpc) is 2.38. The summed E-state index contributed by atoms with van der Waals surface area (Å²) in [5.74, 6) is 1.58. The number of benzene rings is 1. The molecule has 1 fully saturated rings. The Labute approximate surface area is 116 Å². The highest BCUT2D eigenvalue weighted by molar-refractivity contribution is 5.38. The molecule has 1 aliphatic carbocycles. The molecule has 19 heavy (non-hydrogen) atoms. The molecule has 106 valence electrons. The third-order valence-electron chi connectivity index (χ3n) is 4.46. The summed E-state index contributed by atoms with van der Waals surface area (Å²) in [7, 11) is 1.70. The van der Waals surface area contributed by atoms with Gasteiger partial charge in [0.25, 0.3) is 0 Å². The molecule has 0 saturated heterocycles. The number of hydrogen-bond acceptors (Lipinski definition) is 2. The molecular formula is C17H26O2. The molecule has 0 amide bonds. The summed E-state index contributed by atoms with van der Waals surface area (Å²) in [5.41, 5.74) is 1.82. The van der Waals surface area contributed by atoms with E-state index in [1.807, 2.05) is 6.07 Å². The first-order chi connectivity index (χ1) is 9.06. The Bertz CT molecular complexity index is 427. The first-order valence-electron chi connectivity index (χ1n) is 7.42. The summed E-state index contributed by atoms with van der Waals surface area (Å²) in [6, 6.07) is 6.21. The van der Waals surface area contributed by atoms with Gasteiger partial charge in [-0.1, -0.05) is 43.9 Å². The zero-order valence-electron chi connectivity index (χ0n) is 12.4. The van der Waals surface area contributed by atoms with Gasteiger partial charge in [0, 0.05) is 6.42 Å². The van der Waals surface area contributed by atoms with Gasteiger partial charge >= 0.3 is 0 Å². The van der Waals surface area contributed by atoms with E-state index in [1.165, 1.54) is 18.4 Å². The van der Waals surface area contributed by atoms with Crippen molar-refractivity contribution in [2.75, 3.05) is 7.11 Å². The molecule has 0 radical (unpaired) electrons. The zero-order chi connectivity index (χ0) is 13.9. The molecule has 1 saturated carbocycles. The summed E-state index contributed by atoms with van der Waals surface area (Å²) in [4.78, 5) is 0. The maximum absolute atomic E-state index is 10.9. The van der Waals surface area contributed by atoms with Crippen molar-refractivity contribution in [2.24, 2.45) is 5.92 Å². The van der Waals surface area contributed by atoms with Gasteiger partial charge < -0.3 is 9.84 Å². The molecule has 2 atom stereocenters. The van der Waals surface area contributed by atoms with Crippen LogP contribution in [0.1, 0.15) is 50.2 Å². The predicted octanol–water partition coefficient (Wildman–Crippen LogP) is 3.88. The molecule has 0 aliphatic heterocycles. The largest absolute Gasteiger partial charge is 0.496 e. The fraction of sp³-hybridized carbons (Fsp3) is 0.647. The first-order valence-corrected chi connectivity index (χ1v) is 7.42. The summed E-state index contributed by atoms with van der Waals surface area (Å²) in [6.07, 6.45) is 6.15. The van der Waals surface area contributed by atoms with Crippen molar-refractivity contribution in [3.8, 4) is 5.75 Å². The molecule has 1 N–H and O–H groups in total. The Hall–Kier alpha value is -1.02. The van der Waals surface area contributed by atoms with Crippen LogP contribution in [0.4, 0.5) is 0 Å². The van der Waals surface area contributed by atoms with Crippen LogP contribution in [0, 0.1) is 12.8 Å². The number of rotatable bonds is 4. The van der Waals surface area contributed by atoms with Crippen LogP contribution < -0.4 is 4.74 Å². The summed E-state index contributed by atoms with van der Waals surface area (Å²) < 4.78 is 5.43. The minimum atomic E-state index is -0.542. The quantitative estimate of drug-likeness (QED) is 0.892. The van der Waals surface area contributed by atoms with Crippen LogP contribution in [0.15, 0.2) is 18.2 Å². The fourth-order valence-electron chi connectivity index (χ4n) is 3.37. The SMILES string of the molecule is CCC1CCCC(O)(Cc2cc(C)ccc2OC)C1. The van der Waals surface area contributed by atoms with E-state index in [4.69, 9.17) is 4.74 Å². The molecular weight excluding hydrogens is 236 g/mol. The Morgan fingerprint density at radius 3 is 2.89 bits per heavy atom. The van der Waals surface area contributed by atoms with Crippen molar-refractivity contribution in [1.29, 1.82) is 0 Å². The van der Waals surface area contributed by atoms with E-state index in [9.17, 15) is 5.11 Å². The van der Waals surface area contributed by atoms with Crippen LogP contribution in [0.25, 0.3) is 0 Å². The van der Waals surface area contributed by atoms with Gasteiger partial charge in [0.2, 0.25) is 0 Å². The van der Waals surface area contributed by atoms with E-state index in [0.717, 1.165) is 30.6 Å². The Kier molecular flexibility index (Phi) is 4.51. The van der Waals surface area contributed by atoms with Gasteiger partial charge in [-0.15, -0.1) is 0 Å². The maximum Gasteiger partial charge on any atom is 0.122 e. The van der Waals surface area contributed by atoms with E-state index in [1.54, 1.807) is 7.11 Å². The molecule has 2 unspecified atom stereocenters. The topological polar surface area (TPSA) is 29.5 Å². The summed E-state index contributed by atoms with van der Waals surface area (Å²) in [6.45, 7) is 4.31. The molecule has 0 heterocycles. The molecule has 0 bridgehead atoms. The number of ether oxygens (including phenoxy) is 1. The van der Waals surface area contributed by atoms with E-state index in [-0.39, 0.29) is 0 Å². The van der Waals surface area contributed by atoms with Crippen LogP contribution in [0.3, 0.4) is 0 Å². The second kappa shape index (κ2) is 5.96. The van der Waals surface area contributed by atoms with E-state index in [2.05, 4.69) is 26.0 Å². The van der Waals surface area contributed by atoms with Gasteiger partial charge in [-0.2, -0.15) is 0 Å². The second-order valence-corrected chi connectivity index (χ2v) is 6.09. The summed E-state index contributed by atoms with van der Waals surface area (Å²) >= 11 is 0. The third-order valence-corrected chi connectivity index (χ3v) is 4.46. The van der Waals surface area contributed by atoms with Gasteiger partial charge in [-0.3, -0.25) is 0 Å². The van der Waals surface area contributed by atoms with Crippen LogP contribution >= 0.6 is 0 Å². The van der Waals surface area contributed by atoms with Crippen molar-refractivity contribution < 1.29 is 9.84 Å².